The Morgan fingerprint density at radius 2 is 1.86 bits per heavy atom. The van der Waals surface area contributed by atoms with Crippen molar-refractivity contribution in [2.24, 2.45) is 0 Å². The second-order valence-corrected chi connectivity index (χ2v) is 5.90. The molecule has 0 aliphatic rings. The lowest BCUT2D eigenvalue weighted by molar-refractivity contribution is 0.414. The fraction of sp³-hybridized carbons (Fsp3) is 0.176. The average Bonchev–Trinajstić information content (AvgIpc) is 2.46. The van der Waals surface area contributed by atoms with Crippen LogP contribution in [0.1, 0.15) is 11.3 Å². The summed E-state index contributed by atoms with van der Waals surface area (Å²) in [6.45, 7) is 4.01. The van der Waals surface area contributed by atoms with Crippen LogP contribution in [0.15, 0.2) is 41.0 Å². The fourth-order valence-corrected chi connectivity index (χ4v) is 2.83. The van der Waals surface area contributed by atoms with E-state index in [1.807, 2.05) is 25.1 Å². The number of ether oxygens (including phenoxy) is 1. The number of hydrogen-bond donors (Lipinski definition) is 0. The smallest absolute Gasteiger partial charge is 0.119 e. The van der Waals surface area contributed by atoms with Crippen LogP contribution in [0.5, 0.6) is 5.75 Å². The molecular weight excluding hydrogens is 328 g/mol. The van der Waals surface area contributed by atoms with Gasteiger partial charge >= 0.3 is 0 Å². The third-order valence-corrected chi connectivity index (χ3v) is 4.01. The number of fused-ring (bicyclic) bond motifs is 1. The van der Waals surface area contributed by atoms with Crippen molar-refractivity contribution in [3.05, 3.63) is 52.3 Å². The summed E-state index contributed by atoms with van der Waals surface area (Å²) in [5, 5.41) is 0. The summed E-state index contributed by atoms with van der Waals surface area (Å²) in [6, 6.07) is 10.3. The summed E-state index contributed by atoms with van der Waals surface area (Å²) in [4.78, 5) is 9.16. The van der Waals surface area contributed by atoms with Gasteiger partial charge in [-0.25, -0.2) is 4.98 Å². The van der Waals surface area contributed by atoms with Gasteiger partial charge in [-0.05, 0) is 59.1 Å². The van der Waals surface area contributed by atoms with E-state index in [0.29, 0.717) is 0 Å². The molecule has 0 saturated heterocycles. The fourth-order valence-electron chi connectivity index (χ4n) is 2.41. The molecule has 2 aromatic carbocycles. The van der Waals surface area contributed by atoms with Crippen molar-refractivity contribution >= 4 is 27.0 Å². The Bertz CT molecular complexity index is 830. The Kier molecular flexibility index (Phi) is 3.64. The maximum Gasteiger partial charge on any atom is 0.119 e. The van der Waals surface area contributed by atoms with Gasteiger partial charge in [-0.1, -0.05) is 12.1 Å². The molecule has 0 aliphatic heterocycles. The quantitative estimate of drug-likeness (QED) is 0.677. The minimum Gasteiger partial charge on any atom is -0.497 e. The summed E-state index contributed by atoms with van der Waals surface area (Å²) in [5.41, 5.74) is 5.98. The molecule has 0 amide bonds. The molecule has 3 aromatic rings. The first-order valence-corrected chi connectivity index (χ1v) is 7.45. The van der Waals surface area contributed by atoms with E-state index in [2.05, 4.69) is 45.0 Å². The Morgan fingerprint density at radius 1 is 1.05 bits per heavy atom. The second-order valence-electron chi connectivity index (χ2n) is 5.04. The van der Waals surface area contributed by atoms with Gasteiger partial charge in [0.25, 0.3) is 0 Å². The van der Waals surface area contributed by atoms with Crippen molar-refractivity contribution in [1.82, 2.24) is 9.97 Å². The van der Waals surface area contributed by atoms with Crippen LogP contribution in [0.4, 0.5) is 0 Å². The average molecular weight is 343 g/mol. The molecule has 3 rings (SSSR count). The van der Waals surface area contributed by atoms with E-state index in [1.165, 1.54) is 0 Å². The monoisotopic (exact) mass is 342 g/mol. The number of hydrogen-bond acceptors (Lipinski definition) is 3. The molecule has 0 unspecified atom stereocenters. The van der Waals surface area contributed by atoms with E-state index in [0.717, 1.165) is 43.6 Å². The van der Waals surface area contributed by atoms with Gasteiger partial charge in [0.2, 0.25) is 0 Å². The van der Waals surface area contributed by atoms with Gasteiger partial charge in [0.05, 0.1) is 18.3 Å². The summed E-state index contributed by atoms with van der Waals surface area (Å²) >= 11 is 3.54. The molecule has 0 N–H and O–H groups in total. The van der Waals surface area contributed by atoms with E-state index in [9.17, 15) is 0 Å². The zero-order chi connectivity index (χ0) is 15.0. The lowest BCUT2D eigenvalue weighted by atomic mass is 10.0. The van der Waals surface area contributed by atoms with Crippen molar-refractivity contribution in [2.45, 2.75) is 13.8 Å². The Morgan fingerprint density at radius 3 is 2.62 bits per heavy atom. The van der Waals surface area contributed by atoms with Gasteiger partial charge in [-0.2, -0.15) is 0 Å². The predicted molar refractivity (Wildman–Crippen MR) is 88.7 cm³/mol. The molecule has 0 spiro atoms. The van der Waals surface area contributed by atoms with Gasteiger partial charge in [0.1, 0.15) is 11.3 Å². The first kappa shape index (κ1) is 14.0. The van der Waals surface area contributed by atoms with Crippen LogP contribution in [0.3, 0.4) is 0 Å². The molecule has 0 fully saturated rings. The molecule has 0 aliphatic carbocycles. The largest absolute Gasteiger partial charge is 0.497 e. The van der Waals surface area contributed by atoms with Crippen LogP contribution in [-0.4, -0.2) is 17.1 Å². The maximum atomic E-state index is 5.37. The van der Waals surface area contributed by atoms with Crippen LogP contribution in [0.2, 0.25) is 0 Å². The molecule has 1 heterocycles. The van der Waals surface area contributed by atoms with Gasteiger partial charge in [0, 0.05) is 16.2 Å². The lowest BCUT2D eigenvalue weighted by Crippen LogP contribution is -1.93. The Hall–Kier alpha value is -1.94. The highest BCUT2D eigenvalue weighted by Gasteiger charge is 2.11. The zero-order valence-electron chi connectivity index (χ0n) is 12.1. The van der Waals surface area contributed by atoms with E-state index in [1.54, 1.807) is 13.3 Å². The van der Waals surface area contributed by atoms with Crippen molar-refractivity contribution in [2.75, 3.05) is 7.11 Å². The van der Waals surface area contributed by atoms with Gasteiger partial charge in [-0.3, -0.25) is 4.98 Å². The van der Waals surface area contributed by atoms with Crippen LogP contribution < -0.4 is 4.74 Å². The van der Waals surface area contributed by atoms with Crippen LogP contribution in [0, 0.1) is 13.8 Å². The number of halogens is 1. The Balaban J connectivity index is 2.32. The first-order valence-electron chi connectivity index (χ1n) is 6.66. The topological polar surface area (TPSA) is 35.0 Å². The minimum atomic E-state index is 0.849. The SMILES string of the molecule is COc1cc(C)cc(-c2ccc(Br)c3ncc(C)nc23)c1. The highest BCUT2D eigenvalue weighted by molar-refractivity contribution is 9.10. The third-order valence-electron chi connectivity index (χ3n) is 3.37. The molecule has 21 heavy (non-hydrogen) atoms. The van der Waals surface area contributed by atoms with Crippen molar-refractivity contribution in [3.8, 4) is 16.9 Å². The van der Waals surface area contributed by atoms with Gasteiger partial charge < -0.3 is 4.74 Å². The van der Waals surface area contributed by atoms with Crippen molar-refractivity contribution in [3.63, 3.8) is 0 Å². The molecule has 0 saturated carbocycles. The molecule has 106 valence electrons. The standard InChI is InChI=1S/C17H15BrN2O/c1-10-6-12(8-13(7-10)21-3)14-4-5-15(18)17-16(14)20-11(2)9-19-17/h4-9H,1-3H3. The highest BCUT2D eigenvalue weighted by Crippen LogP contribution is 2.33. The van der Waals surface area contributed by atoms with E-state index in [4.69, 9.17) is 4.74 Å². The van der Waals surface area contributed by atoms with Crippen LogP contribution in [0.25, 0.3) is 22.2 Å². The summed E-state index contributed by atoms with van der Waals surface area (Å²) < 4.78 is 6.32. The Labute approximate surface area is 132 Å². The molecule has 4 heteroatoms. The molecule has 0 atom stereocenters. The molecule has 1 aromatic heterocycles. The molecule has 0 radical (unpaired) electrons. The number of methoxy groups -OCH3 is 1. The summed E-state index contributed by atoms with van der Waals surface area (Å²) in [5.74, 6) is 0.849. The predicted octanol–water partition coefficient (Wildman–Crippen LogP) is 4.68. The lowest BCUT2D eigenvalue weighted by Gasteiger charge is -2.10. The second kappa shape index (κ2) is 5.45. The number of nitrogens with zero attached hydrogens (tertiary/aromatic N) is 2. The maximum absolute atomic E-state index is 5.37. The minimum absolute atomic E-state index is 0.849. The molecular formula is C17H15BrN2O. The van der Waals surface area contributed by atoms with Crippen molar-refractivity contribution < 1.29 is 4.74 Å². The van der Waals surface area contributed by atoms with Gasteiger partial charge in [0.15, 0.2) is 0 Å². The zero-order valence-corrected chi connectivity index (χ0v) is 13.7. The van der Waals surface area contributed by atoms with Crippen molar-refractivity contribution in [1.29, 1.82) is 0 Å². The highest BCUT2D eigenvalue weighted by atomic mass is 79.9. The number of benzene rings is 2. The summed E-state index contributed by atoms with van der Waals surface area (Å²) in [6.07, 6.45) is 1.79. The molecule has 3 nitrogen and oxygen atoms in total. The van der Waals surface area contributed by atoms with Crippen LogP contribution >= 0.6 is 15.9 Å². The number of aromatic nitrogens is 2. The van der Waals surface area contributed by atoms with Crippen LogP contribution in [-0.2, 0) is 0 Å². The number of aryl methyl sites for hydroxylation is 2. The van der Waals surface area contributed by atoms with E-state index >= 15 is 0 Å². The summed E-state index contributed by atoms with van der Waals surface area (Å²) in [7, 11) is 1.68. The molecule has 0 bridgehead atoms. The normalized spacial score (nSPS) is 10.9. The van der Waals surface area contributed by atoms with Gasteiger partial charge in [-0.15, -0.1) is 0 Å². The van der Waals surface area contributed by atoms with E-state index < -0.39 is 0 Å². The van der Waals surface area contributed by atoms with E-state index in [-0.39, 0.29) is 0 Å². The number of rotatable bonds is 2. The first-order chi connectivity index (χ1) is 10.1. The third kappa shape index (κ3) is 2.63.